The number of aldehydes is 2. The van der Waals surface area contributed by atoms with E-state index in [-0.39, 0.29) is 13.0 Å². The fourth-order valence-corrected chi connectivity index (χ4v) is 0.553. The summed E-state index contributed by atoms with van der Waals surface area (Å²) in [5, 5.41) is 8.28. The zero-order valence-corrected chi connectivity index (χ0v) is 6.32. The number of rotatable bonds is 7. The molecule has 0 saturated carbocycles. The van der Waals surface area contributed by atoms with E-state index in [9.17, 15) is 14.4 Å². The highest BCUT2D eigenvalue weighted by Gasteiger charge is 2.09. The first kappa shape index (κ1) is 10.7. The monoisotopic (exact) mass is 174 g/mol. The molecule has 3 N–H and O–H groups in total. The minimum absolute atomic E-state index is 0.0317. The molecule has 0 aliphatic heterocycles. The lowest BCUT2D eigenvalue weighted by atomic mass is 10.2. The highest BCUT2D eigenvalue weighted by atomic mass is 16.4. The van der Waals surface area contributed by atoms with Gasteiger partial charge in [-0.3, -0.25) is 10.2 Å². The van der Waals surface area contributed by atoms with Crippen LogP contribution >= 0.6 is 0 Å². The Morgan fingerprint density at radius 1 is 1.50 bits per heavy atom. The third kappa shape index (κ3) is 5.51. The molecule has 0 unspecified atom stereocenters. The first-order valence-electron chi connectivity index (χ1n) is 3.29. The molecule has 6 nitrogen and oxygen atoms in total. The Labute approximate surface area is 68.9 Å². The Morgan fingerprint density at radius 2 is 2.17 bits per heavy atom. The summed E-state index contributed by atoms with van der Waals surface area (Å²) in [7, 11) is 0. The lowest BCUT2D eigenvalue weighted by Gasteiger charge is -2.08. The van der Waals surface area contributed by atoms with Gasteiger partial charge in [0, 0.05) is 0 Å². The van der Waals surface area contributed by atoms with Gasteiger partial charge in [-0.15, -0.1) is 0 Å². The van der Waals surface area contributed by atoms with E-state index in [0.29, 0.717) is 12.6 Å². The zero-order chi connectivity index (χ0) is 9.40. The highest BCUT2D eigenvalue weighted by molar-refractivity contribution is 5.73. The van der Waals surface area contributed by atoms with Crippen molar-refractivity contribution >= 4 is 18.5 Å². The first-order valence-corrected chi connectivity index (χ1v) is 3.29. The average Bonchev–Trinajstić information content (AvgIpc) is 2.02. The molecule has 0 spiro atoms. The Balaban J connectivity index is 3.59. The Bertz CT molecular complexity index is 171. The minimum atomic E-state index is -1.08. The van der Waals surface area contributed by atoms with Crippen molar-refractivity contribution in [2.75, 3.05) is 6.54 Å². The van der Waals surface area contributed by atoms with Gasteiger partial charge in [0.1, 0.15) is 12.6 Å². The minimum Gasteiger partial charge on any atom is -0.481 e. The van der Waals surface area contributed by atoms with E-state index >= 15 is 0 Å². The van der Waals surface area contributed by atoms with Crippen molar-refractivity contribution in [3.05, 3.63) is 0 Å². The fourth-order valence-electron chi connectivity index (χ4n) is 0.553. The maximum absolute atomic E-state index is 10.2. The number of nitrogens with one attached hydrogen (secondary N) is 2. The van der Waals surface area contributed by atoms with Crippen molar-refractivity contribution in [2.24, 2.45) is 0 Å². The van der Waals surface area contributed by atoms with Crippen LogP contribution in [0.5, 0.6) is 0 Å². The number of carboxylic acids is 1. The van der Waals surface area contributed by atoms with Gasteiger partial charge in [0.15, 0.2) is 0 Å². The molecule has 6 heteroatoms. The second-order valence-corrected chi connectivity index (χ2v) is 2.03. The summed E-state index contributed by atoms with van der Waals surface area (Å²) in [4.78, 5) is 30.1. The van der Waals surface area contributed by atoms with Crippen LogP contribution in [0.15, 0.2) is 0 Å². The van der Waals surface area contributed by atoms with Crippen molar-refractivity contribution in [1.82, 2.24) is 10.9 Å². The summed E-state index contributed by atoms with van der Waals surface area (Å²) in [6.07, 6.45) is 0.747. The van der Waals surface area contributed by atoms with Crippen LogP contribution in [0.25, 0.3) is 0 Å². The van der Waals surface area contributed by atoms with Gasteiger partial charge in [-0.1, -0.05) is 0 Å². The fraction of sp³-hybridized carbons (Fsp3) is 0.500. The molecule has 0 aromatic carbocycles. The molecule has 0 aromatic heterocycles. The van der Waals surface area contributed by atoms with Crippen LogP contribution < -0.4 is 10.9 Å². The van der Waals surface area contributed by atoms with Gasteiger partial charge in [-0.25, -0.2) is 5.43 Å². The third-order valence-electron chi connectivity index (χ3n) is 1.03. The smallest absolute Gasteiger partial charge is 0.305 e. The maximum atomic E-state index is 10.2. The van der Waals surface area contributed by atoms with Crippen molar-refractivity contribution in [3.63, 3.8) is 0 Å². The summed E-state index contributed by atoms with van der Waals surface area (Å²) in [5.74, 6) is -1.08. The van der Waals surface area contributed by atoms with Gasteiger partial charge in [0.2, 0.25) is 0 Å². The number of carbonyl (C=O) groups is 3. The topological polar surface area (TPSA) is 95.5 Å². The van der Waals surface area contributed by atoms with E-state index in [1.54, 1.807) is 0 Å². The van der Waals surface area contributed by atoms with Crippen LogP contribution in [-0.2, 0) is 14.4 Å². The molecule has 0 amide bonds. The number of hydrazine groups is 1. The summed E-state index contributed by atoms with van der Waals surface area (Å²) in [5.41, 5.74) is 4.75. The van der Waals surface area contributed by atoms with Crippen LogP contribution in [0.2, 0.25) is 0 Å². The van der Waals surface area contributed by atoms with Crippen molar-refractivity contribution in [2.45, 2.75) is 12.5 Å². The van der Waals surface area contributed by atoms with Gasteiger partial charge >= 0.3 is 5.97 Å². The van der Waals surface area contributed by atoms with Gasteiger partial charge < -0.3 is 14.7 Å². The van der Waals surface area contributed by atoms with Gasteiger partial charge in [0.05, 0.1) is 19.0 Å². The standard InChI is InChI=1S/C6H10N2O4/c9-2-1-7-8-5(4-10)3-6(11)12/h2,4-5,7-8H,1,3H2,(H,11,12)/t5-/m0/s1. The molecular weight excluding hydrogens is 164 g/mol. The van der Waals surface area contributed by atoms with Crippen molar-refractivity contribution in [1.29, 1.82) is 0 Å². The van der Waals surface area contributed by atoms with Crippen LogP contribution in [0, 0.1) is 0 Å². The molecule has 0 bridgehead atoms. The maximum Gasteiger partial charge on any atom is 0.305 e. The van der Waals surface area contributed by atoms with E-state index in [1.165, 1.54) is 0 Å². The predicted molar refractivity (Wildman–Crippen MR) is 39.3 cm³/mol. The van der Waals surface area contributed by atoms with Crippen molar-refractivity contribution in [3.8, 4) is 0 Å². The SMILES string of the molecule is O=CCNN[C@H](C=O)CC(=O)O. The number of aliphatic carboxylic acids is 1. The number of carboxylic acid groups (broad SMARTS) is 1. The number of carbonyl (C=O) groups excluding carboxylic acids is 2. The average molecular weight is 174 g/mol. The van der Waals surface area contributed by atoms with Crippen LogP contribution in [-0.4, -0.2) is 36.2 Å². The van der Waals surface area contributed by atoms with Crippen LogP contribution in [0.3, 0.4) is 0 Å². The first-order chi connectivity index (χ1) is 5.70. The van der Waals surface area contributed by atoms with E-state index in [2.05, 4.69) is 10.9 Å². The van der Waals surface area contributed by atoms with E-state index in [1.807, 2.05) is 0 Å². The molecule has 0 fully saturated rings. The Kier molecular flexibility index (Phi) is 5.76. The van der Waals surface area contributed by atoms with E-state index in [0.717, 1.165) is 0 Å². The van der Waals surface area contributed by atoms with E-state index in [4.69, 9.17) is 5.11 Å². The highest BCUT2D eigenvalue weighted by Crippen LogP contribution is 1.85. The predicted octanol–water partition coefficient (Wildman–Crippen LogP) is -1.68. The molecule has 12 heavy (non-hydrogen) atoms. The Hall–Kier alpha value is -1.27. The molecule has 68 valence electrons. The third-order valence-corrected chi connectivity index (χ3v) is 1.03. The molecule has 0 aliphatic rings. The van der Waals surface area contributed by atoms with E-state index < -0.39 is 12.0 Å². The largest absolute Gasteiger partial charge is 0.481 e. The van der Waals surface area contributed by atoms with Crippen LogP contribution in [0.4, 0.5) is 0 Å². The number of hydrogen-bond donors (Lipinski definition) is 3. The summed E-state index contributed by atoms with van der Waals surface area (Å²) in [6, 6.07) is -0.803. The summed E-state index contributed by atoms with van der Waals surface area (Å²) in [6.45, 7) is 0.0317. The van der Waals surface area contributed by atoms with Crippen LogP contribution in [0.1, 0.15) is 6.42 Å². The van der Waals surface area contributed by atoms with Gasteiger partial charge in [0.25, 0.3) is 0 Å². The lowest BCUT2D eigenvalue weighted by Crippen LogP contribution is -2.43. The molecule has 0 radical (unpaired) electrons. The second-order valence-electron chi connectivity index (χ2n) is 2.03. The number of hydrogen-bond acceptors (Lipinski definition) is 5. The van der Waals surface area contributed by atoms with Crippen molar-refractivity contribution < 1.29 is 19.5 Å². The second kappa shape index (κ2) is 6.44. The molecular formula is C6H10N2O4. The Morgan fingerprint density at radius 3 is 2.58 bits per heavy atom. The molecule has 1 atom stereocenters. The molecule has 0 saturated heterocycles. The quantitative estimate of drug-likeness (QED) is 0.242. The lowest BCUT2D eigenvalue weighted by molar-refractivity contribution is -0.138. The zero-order valence-electron chi connectivity index (χ0n) is 6.32. The molecule has 0 aliphatic carbocycles. The van der Waals surface area contributed by atoms with Gasteiger partial charge in [-0.2, -0.15) is 0 Å². The molecule has 0 rings (SSSR count). The van der Waals surface area contributed by atoms with Gasteiger partial charge in [-0.05, 0) is 0 Å². The summed E-state index contributed by atoms with van der Waals surface area (Å²) < 4.78 is 0. The molecule has 0 aromatic rings. The summed E-state index contributed by atoms with van der Waals surface area (Å²) >= 11 is 0. The normalized spacial score (nSPS) is 12.0. The molecule has 0 heterocycles.